The van der Waals surface area contributed by atoms with E-state index in [0.717, 1.165) is 17.1 Å². The van der Waals surface area contributed by atoms with Crippen LogP contribution >= 0.6 is 0 Å². The topological polar surface area (TPSA) is 67.4 Å². The highest BCUT2D eigenvalue weighted by Crippen LogP contribution is 2.22. The average Bonchev–Trinajstić information content (AvgIpc) is 2.71. The Labute approximate surface area is 164 Å². The van der Waals surface area contributed by atoms with Gasteiger partial charge in [0.15, 0.2) is 5.78 Å². The third-order valence-corrected chi connectivity index (χ3v) is 4.09. The van der Waals surface area contributed by atoms with Crippen LogP contribution in [-0.4, -0.2) is 18.2 Å². The van der Waals surface area contributed by atoms with Crippen LogP contribution in [0.4, 0.5) is 11.4 Å². The van der Waals surface area contributed by atoms with Crippen LogP contribution in [0.25, 0.3) is 0 Å². The van der Waals surface area contributed by atoms with E-state index < -0.39 is 0 Å². The minimum atomic E-state index is -0.0791. The lowest BCUT2D eigenvalue weighted by Gasteiger charge is -2.09. The van der Waals surface area contributed by atoms with Gasteiger partial charge in [0.2, 0.25) is 5.91 Å². The van der Waals surface area contributed by atoms with Gasteiger partial charge in [-0.1, -0.05) is 18.2 Å². The van der Waals surface area contributed by atoms with Crippen molar-refractivity contribution in [3.05, 3.63) is 84.4 Å². The lowest BCUT2D eigenvalue weighted by atomic mass is 10.1. The molecule has 0 unspecified atom stereocenters. The highest BCUT2D eigenvalue weighted by Gasteiger charge is 2.04. The molecule has 3 aromatic carbocycles. The maximum Gasteiger partial charge on any atom is 0.226 e. The van der Waals surface area contributed by atoms with Gasteiger partial charge in [-0.25, -0.2) is 0 Å². The number of benzene rings is 3. The van der Waals surface area contributed by atoms with Gasteiger partial charge >= 0.3 is 0 Å². The van der Waals surface area contributed by atoms with E-state index in [1.165, 1.54) is 6.92 Å². The van der Waals surface area contributed by atoms with Gasteiger partial charge in [0.1, 0.15) is 11.5 Å². The maximum absolute atomic E-state index is 12.1. The zero-order valence-corrected chi connectivity index (χ0v) is 15.6. The summed E-state index contributed by atoms with van der Waals surface area (Å²) in [6.07, 6.45) is 0.330. The van der Waals surface area contributed by atoms with Crippen LogP contribution in [0.5, 0.6) is 11.5 Å². The molecule has 0 heterocycles. The standard InChI is InChI=1S/C23H22N2O3/c1-17(26)18-7-9-19(10-8-18)24-16-15-23(27)25-20-11-13-22(14-12-20)28-21-5-3-2-4-6-21/h2-14,24H,15-16H2,1H3,(H,25,27). The molecule has 0 spiro atoms. The van der Waals surface area contributed by atoms with Gasteiger partial charge in [-0.15, -0.1) is 0 Å². The summed E-state index contributed by atoms with van der Waals surface area (Å²) in [7, 11) is 0. The minimum absolute atomic E-state index is 0.0334. The number of nitrogens with one attached hydrogen (secondary N) is 2. The molecular weight excluding hydrogens is 352 g/mol. The number of carbonyl (C=O) groups excluding carboxylic acids is 2. The molecule has 5 heteroatoms. The van der Waals surface area contributed by atoms with Crippen LogP contribution < -0.4 is 15.4 Å². The van der Waals surface area contributed by atoms with Crippen molar-refractivity contribution in [2.24, 2.45) is 0 Å². The number of ketones is 1. The first-order chi connectivity index (χ1) is 13.6. The molecule has 0 fully saturated rings. The van der Waals surface area contributed by atoms with Crippen molar-refractivity contribution in [3.8, 4) is 11.5 Å². The first kappa shape index (κ1) is 19.2. The monoisotopic (exact) mass is 374 g/mol. The van der Waals surface area contributed by atoms with Gasteiger partial charge in [-0.3, -0.25) is 9.59 Å². The number of hydrogen-bond donors (Lipinski definition) is 2. The molecular formula is C23H22N2O3. The summed E-state index contributed by atoms with van der Waals surface area (Å²) in [6.45, 7) is 2.04. The Morgan fingerprint density at radius 3 is 2.04 bits per heavy atom. The maximum atomic E-state index is 12.1. The van der Waals surface area contributed by atoms with Gasteiger partial charge < -0.3 is 15.4 Å². The zero-order chi connectivity index (χ0) is 19.8. The largest absolute Gasteiger partial charge is 0.457 e. The van der Waals surface area contributed by atoms with Gasteiger partial charge in [0, 0.05) is 29.9 Å². The van der Waals surface area contributed by atoms with Crippen LogP contribution in [0.2, 0.25) is 0 Å². The van der Waals surface area contributed by atoms with Crippen molar-refractivity contribution in [2.75, 3.05) is 17.2 Å². The molecule has 3 rings (SSSR count). The molecule has 0 saturated carbocycles. The van der Waals surface area contributed by atoms with Crippen LogP contribution in [0.1, 0.15) is 23.7 Å². The Balaban J connectivity index is 1.43. The molecule has 142 valence electrons. The zero-order valence-electron chi connectivity index (χ0n) is 15.6. The van der Waals surface area contributed by atoms with Crippen LogP contribution in [0.15, 0.2) is 78.9 Å². The SMILES string of the molecule is CC(=O)c1ccc(NCCC(=O)Nc2ccc(Oc3ccccc3)cc2)cc1. The van der Waals surface area contributed by atoms with Gasteiger partial charge in [-0.2, -0.15) is 0 Å². The fourth-order valence-electron chi connectivity index (χ4n) is 2.60. The number of amides is 1. The van der Waals surface area contributed by atoms with E-state index in [1.54, 1.807) is 12.1 Å². The second-order valence-electron chi connectivity index (χ2n) is 6.30. The molecule has 0 aliphatic rings. The number of hydrogen-bond acceptors (Lipinski definition) is 4. The van der Waals surface area contributed by atoms with Crippen molar-refractivity contribution in [2.45, 2.75) is 13.3 Å². The molecule has 0 aliphatic carbocycles. The fraction of sp³-hybridized carbons (Fsp3) is 0.130. The van der Waals surface area contributed by atoms with E-state index in [-0.39, 0.29) is 11.7 Å². The molecule has 0 aliphatic heterocycles. The molecule has 0 bridgehead atoms. The van der Waals surface area contributed by atoms with E-state index >= 15 is 0 Å². The van der Waals surface area contributed by atoms with Crippen molar-refractivity contribution in [3.63, 3.8) is 0 Å². The normalized spacial score (nSPS) is 10.2. The van der Waals surface area contributed by atoms with E-state index in [1.807, 2.05) is 66.7 Å². The van der Waals surface area contributed by atoms with Crippen molar-refractivity contribution < 1.29 is 14.3 Å². The summed E-state index contributed by atoms with van der Waals surface area (Å²) >= 11 is 0. The van der Waals surface area contributed by atoms with E-state index in [2.05, 4.69) is 10.6 Å². The molecule has 0 saturated heterocycles. The van der Waals surface area contributed by atoms with Crippen LogP contribution in [0.3, 0.4) is 0 Å². The van der Waals surface area contributed by atoms with E-state index in [0.29, 0.717) is 24.3 Å². The fourth-order valence-corrected chi connectivity index (χ4v) is 2.60. The number of ether oxygens (including phenoxy) is 1. The average molecular weight is 374 g/mol. The molecule has 3 aromatic rings. The molecule has 5 nitrogen and oxygen atoms in total. The lowest BCUT2D eigenvalue weighted by Crippen LogP contribution is -2.16. The number of Topliss-reactive ketones (excluding diaryl/α,β-unsaturated/α-hetero) is 1. The summed E-state index contributed by atoms with van der Waals surface area (Å²) in [5.74, 6) is 1.43. The van der Waals surface area contributed by atoms with E-state index in [9.17, 15) is 9.59 Å². The highest BCUT2D eigenvalue weighted by atomic mass is 16.5. The first-order valence-corrected chi connectivity index (χ1v) is 9.08. The number of rotatable bonds is 8. The highest BCUT2D eigenvalue weighted by molar-refractivity contribution is 5.94. The third-order valence-electron chi connectivity index (χ3n) is 4.09. The summed E-state index contributed by atoms with van der Waals surface area (Å²) in [4.78, 5) is 23.4. The van der Waals surface area contributed by atoms with Crippen molar-refractivity contribution >= 4 is 23.1 Å². The Hall–Kier alpha value is -3.60. The predicted octanol–water partition coefficient (Wildman–Crippen LogP) is 5.12. The van der Waals surface area contributed by atoms with E-state index in [4.69, 9.17) is 4.74 Å². The Bertz CT molecular complexity index is 920. The Morgan fingerprint density at radius 2 is 1.39 bits per heavy atom. The van der Waals surface area contributed by atoms with Crippen LogP contribution in [-0.2, 0) is 4.79 Å². The Kier molecular flexibility index (Phi) is 6.41. The van der Waals surface area contributed by atoms with Gasteiger partial charge in [-0.05, 0) is 67.6 Å². The molecule has 0 aromatic heterocycles. The van der Waals surface area contributed by atoms with Gasteiger partial charge in [0.25, 0.3) is 0 Å². The third kappa shape index (κ3) is 5.71. The quantitative estimate of drug-likeness (QED) is 0.537. The second-order valence-corrected chi connectivity index (χ2v) is 6.30. The lowest BCUT2D eigenvalue weighted by molar-refractivity contribution is -0.115. The summed E-state index contributed by atoms with van der Waals surface area (Å²) in [6, 6.07) is 24.0. The summed E-state index contributed by atoms with van der Waals surface area (Å²) < 4.78 is 5.73. The Morgan fingerprint density at radius 1 is 0.786 bits per heavy atom. The second kappa shape index (κ2) is 9.37. The first-order valence-electron chi connectivity index (χ1n) is 9.08. The van der Waals surface area contributed by atoms with Crippen LogP contribution in [0, 0.1) is 0 Å². The number of carbonyl (C=O) groups is 2. The minimum Gasteiger partial charge on any atom is -0.457 e. The molecule has 1 amide bonds. The smallest absolute Gasteiger partial charge is 0.226 e. The van der Waals surface area contributed by atoms with Crippen molar-refractivity contribution in [1.29, 1.82) is 0 Å². The van der Waals surface area contributed by atoms with Gasteiger partial charge in [0.05, 0.1) is 0 Å². The molecule has 0 atom stereocenters. The summed E-state index contributed by atoms with van der Waals surface area (Å²) in [5, 5.41) is 6.04. The molecule has 28 heavy (non-hydrogen) atoms. The summed E-state index contributed by atoms with van der Waals surface area (Å²) in [5.41, 5.74) is 2.26. The number of para-hydroxylation sites is 1. The molecule has 0 radical (unpaired) electrons. The predicted molar refractivity (Wildman–Crippen MR) is 111 cm³/mol. The van der Waals surface area contributed by atoms with Crippen molar-refractivity contribution in [1.82, 2.24) is 0 Å². The number of anilines is 2. The molecule has 2 N–H and O–H groups in total.